The summed E-state index contributed by atoms with van der Waals surface area (Å²) in [6.45, 7) is 5.57. The number of hydrogen-bond acceptors (Lipinski definition) is 4. The zero-order valence-electron chi connectivity index (χ0n) is 19.2. The second kappa shape index (κ2) is 9.31. The van der Waals surface area contributed by atoms with Crippen molar-refractivity contribution in [3.05, 3.63) is 59.7 Å². The number of benzene rings is 1. The van der Waals surface area contributed by atoms with E-state index in [-0.39, 0.29) is 48.2 Å². The van der Waals surface area contributed by atoms with Crippen LogP contribution in [0.15, 0.2) is 53.1 Å². The Balaban J connectivity index is 1.67. The van der Waals surface area contributed by atoms with Crippen molar-refractivity contribution in [3.63, 3.8) is 0 Å². The summed E-state index contributed by atoms with van der Waals surface area (Å²) in [6.07, 6.45) is 7.82. The third kappa shape index (κ3) is 5.61. The van der Waals surface area contributed by atoms with Crippen molar-refractivity contribution in [1.29, 1.82) is 0 Å². The zero-order chi connectivity index (χ0) is 24.7. The molecule has 2 heterocycles. The maximum Gasteiger partial charge on any atom is 0.250 e. The number of halogens is 3. The first-order valence-corrected chi connectivity index (χ1v) is 12.8. The Morgan fingerprint density at radius 1 is 1.24 bits per heavy atom. The average molecular weight is 495 g/mol. The second-order valence-electron chi connectivity index (χ2n) is 9.32. The van der Waals surface area contributed by atoms with Crippen LogP contribution in [0.1, 0.15) is 32.4 Å². The molecule has 0 spiro atoms. The summed E-state index contributed by atoms with van der Waals surface area (Å²) in [4.78, 5) is 6.25. The van der Waals surface area contributed by atoms with Crippen molar-refractivity contribution in [2.45, 2.75) is 50.6 Å². The first-order valence-electron chi connectivity index (χ1n) is 11.3. The molecule has 2 atom stereocenters. The van der Waals surface area contributed by atoms with Gasteiger partial charge in [-0.25, -0.2) is 31.7 Å². The minimum absolute atomic E-state index is 0.156. The number of likely N-dealkylation sites (tertiary alicyclic amines) is 1. The Bertz CT molecular complexity index is 1230. The van der Waals surface area contributed by atoms with Crippen LogP contribution in [0.3, 0.4) is 0 Å². The molecule has 1 aliphatic carbocycles. The van der Waals surface area contributed by atoms with E-state index in [2.05, 4.69) is 30.1 Å². The van der Waals surface area contributed by atoms with E-state index in [4.69, 9.17) is 5.14 Å². The van der Waals surface area contributed by atoms with Crippen molar-refractivity contribution < 1.29 is 21.6 Å². The lowest BCUT2D eigenvalue weighted by Crippen LogP contribution is -2.38. The van der Waals surface area contributed by atoms with E-state index in [9.17, 15) is 17.2 Å². The number of piperidine rings is 1. The van der Waals surface area contributed by atoms with Gasteiger partial charge in [-0.1, -0.05) is 30.7 Å². The fourth-order valence-corrected chi connectivity index (χ4v) is 4.98. The molecule has 2 N–H and O–H groups in total. The molecular weight excluding hydrogens is 465 g/mol. The monoisotopic (exact) mass is 494 g/mol. The first kappa shape index (κ1) is 24.7. The number of imidazole rings is 1. The van der Waals surface area contributed by atoms with Crippen LogP contribution >= 0.6 is 0 Å². The van der Waals surface area contributed by atoms with Crippen LogP contribution in [0.25, 0.3) is 11.4 Å². The molecule has 10 heteroatoms. The van der Waals surface area contributed by atoms with Gasteiger partial charge in [0.2, 0.25) is 10.0 Å². The summed E-state index contributed by atoms with van der Waals surface area (Å²) in [5, 5.41) is 5.14. The highest BCUT2D eigenvalue weighted by Gasteiger charge is 2.34. The van der Waals surface area contributed by atoms with Crippen LogP contribution in [0, 0.1) is 17.7 Å². The second-order valence-corrected chi connectivity index (χ2v) is 10.9. The number of primary sulfonamides is 1. The van der Waals surface area contributed by atoms with Crippen LogP contribution in [-0.2, 0) is 23.1 Å². The maximum atomic E-state index is 15.0. The van der Waals surface area contributed by atoms with Gasteiger partial charge in [0.1, 0.15) is 11.6 Å². The van der Waals surface area contributed by atoms with Crippen molar-refractivity contribution in [1.82, 2.24) is 14.5 Å². The number of aromatic nitrogens is 2. The molecular formula is C24H29F3N4O2S. The Kier molecular flexibility index (Phi) is 6.76. The third-order valence-electron chi connectivity index (χ3n) is 6.53. The summed E-state index contributed by atoms with van der Waals surface area (Å²) < 4.78 is 67.2. The van der Waals surface area contributed by atoms with Crippen molar-refractivity contribution >= 4 is 10.0 Å². The number of rotatable bonds is 6. The highest BCUT2D eigenvalue weighted by Crippen LogP contribution is 2.31. The van der Waals surface area contributed by atoms with E-state index in [1.807, 2.05) is 22.6 Å². The molecule has 0 radical (unpaired) electrons. The smallest absolute Gasteiger partial charge is 0.250 e. The Hall–Kier alpha value is -2.43. The van der Waals surface area contributed by atoms with Gasteiger partial charge >= 0.3 is 0 Å². The van der Waals surface area contributed by atoms with E-state index in [1.165, 1.54) is 12.1 Å². The predicted octanol–water partition coefficient (Wildman–Crippen LogP) is 4.34. The van der Waals surface area contributed by atoms with Gasteiger partial charge in [0, 0.05) is 51.1 Å². The molecule has 1 aromatic carbocycles. The van der Waals surface area contributed by atoms with Gasteiger partial charge in [-0.3, -0.25) is 4.90 Å². The molecule has 2 unspecified atom stereocenters. The fraction of sp³-hybridized carbons (Fsp3) is 0.458. The molecule has 6 nitrogen and oxygen atoms in total. The standard InChI is InChI=1S/C24H29F3N4O2S/c1-16-3-4-17(2)18(11-16)13-31-15-19(14-30-9-7-24(26,27)8-10-30)29-23(31)21-6-5-20(12-22(21)25)34(28,32)33/h3-6,11-12,15,17-18H,7-10,13-14H2,1-2H3,(H2,28,32,33). The molecule has 4 rings (SSSR count). The number of sulfonamides is 1. The molecule has 0 amide bonds. The van der Waals surface area contributed by atoms with Gasteiger partial charge in [-0.2, -0.15) is 0 Å². The van der Waals surface area contributed by atoms with Gasteiger partial charge in [-0.15, -0.1) is 0 Å². The molecule has 1 aliphatic heterocycles. The summed E-state index contributed by atoms with van der Waals surface area (Å²) in [5.74, 6) is -2.59. The molecule has 34 heavy (non-hydrogen) atoms. The zero-order valence-corrected chi connectivity index (χ0v) is 20.0. The van der Waals surface area contributed by atoms with Gasteiger partial charge in [0.25, 0.3) is 5.92 Å². The van der Waals surface area contributed by atoms with Crippen LogP contribution in [0.4, 0.5) is 13.2 Å². The predicted molar refractivity (Wildman–Crippen MR) is 124 cm³/mol. The molecule has 0 bridgehead atoms. The SMILES string of the molecule is CC1=CC(Cn2cc(CN3CCC(F)(F)CC3)nc2-c2ccc(S(N)(=O)=O)cc2F)C(C)C=C1. The Labute approximate surface area is 198 Å². The van der Waals surface area contributed by atoms with Crippen LogP contribution in [0.2, 0.25) is 0 Å². The van der Waals surface area contributed by atoms with E-state index in [0.717, 1.165) is 11.6 Å². The number of hydrogen-bond donors (Lipinski definition) is 1. The number of nitrogens with two attached hydrogens (primary N) is 1. The summed E-state index contributed by atoms with van der Waals surface area (Å²) in [6, 6.07) is 3.52. The number of nitrogens with zero attached hydrogens (tertiary/aromatic N) is 3. The van der Waals surface area contributed by atoms with Crippen molar-refractivity contribution in [3.8, 4) is 11.4 Å². The molecule has 1 aromatic heterocycles. The summed E-state index contributed by atoms with van der Waals surface area (Å²) in [5.41, 5.74) is 1.95. The lowest BCUT2D eigenvalue weighted by Gasteiger charge is -2.31. The summed E-state index contributed by atoms with van der Waals surface area (Å²) >= 11 is 0. The quantitative estimate of drug-likeness (QED) is 0.648. The Morgan fingerprint density at radius 2 is 1.94 bits per heavy atom. The van der Waals surface area contributed by atoms with E-state index < -0.39 is 21.8 Å². The van der Waals surface area contributed by atoms with E-state index >= 15 is 4.39 Å². The average Bonchev–Trinajstić information content (AvgIpc) is 3.13. The van der Waals surface area contributed by atoms with E-state index in [0.29, 0.717) is 24.6 Å². The van der Waals surface area contributed by atoms with Gasteiger partial charge in [-0.05, 0) is 31.0 Å². The molecule has 2 aliphatic rings. The molecule has 184 valence electrons. The molecule has 1 fully saturated rings. The van der Waals surface area contributed by atoms with Gasteiger partial charge < -0.3 is 4.57 Å². The molecule has 0 saturated carbocycles. The highest BCUT2D eigenvalue weighted by atomic mass is 32.2. The lowest BCUT2D eigenvalue weighted by atomic mass is 9.87. The lowest BCUT2D eigenvalue weighted by molar-refractivity contribution is -0.0568. The minimum atomic E-state index is -4.04. The first-order chi connectivity index (χ1) is 15.9. The topological polar surface area (TPSA) is 81.2 Å². The van der Waals surface area contributed by atoms with Crippen molar-refractivity contribution in [2.75, 3.05) is 13.1 Å². The van der Waals surface area contributed by atoms with Gasteiger partial charge in [0.15, 0.2) is 0 Å². The minimum Gasteiger partial charge on any atom is -0.330 e. The van der Waals surface area contributed by atoms with Crippen LogP contribution < -0.4 is 5.14 Å². The third-order valence-corrected chi connectivity index (χ3v) is 7.44. The van der Waals surface area contributed by atoms with E-state index in [1.54, 1.807) is 0 Å². The number of allylic oxidation sites excluding steroid dienone is 4. The maximum absolute atomic E-state index is 15.0. The fourth-order valence-electron chi connectivity index (χ4n) is 4.46. The normalized spacial score (nSPS) is 23.2. The summed E-state index contributed by atoms with van der Waals surface area (Å²) in [7, 11) is -4.04. The number of alkyl halides is 2. The largest absolute Gasteiger partial charge is 0.330 e. The Morgan fingerprint density at radius 3 is 2.59 bits per heavy atom. The highest BCUT2D eigenvalue weighted by molar-refractivity contribution is 7.89. The van der Waals surface area contributed by atoms with Crippen LogP contribution in [-0.4, -0.2) is 41.9 Å². The molecule has 2 aromatic rings. The van der Waals surface area contributed by atoms with Crippen molar-refractivity contribution in [2.24, 2.45) is 17.0 Å². The van der Waals surface area contributed by atoms with Gasteiger partial charge in [0.05, 0.1) is 16.2 Å². The van der Waals surface area contributed by atoms with Crippen LogP contribution in [0.5, 0.6) is 0 Å². The molecule has 1 saturated heterocycles.